The van der Waals surface area contributed by atoms with E-state index in [1.807, 2.05) is 12.1 Å². The van der Waals surface area contributed by atoms with Crippen molar-refractivity contribution in [2.45, 2.75) is 32.3 Å². The highest BCUT2D eigenvalue weighted by atomic mass is 16.7. The first kappa shape index (κ1) is 22.0. The Kier molecular flexibility index (Phi) is 6.62. The van der Waals surface area contributed by atoms with E-state index >= 15 is 0 Å². The van der Waals surface area contributed by atoms with Gasteiger partial charge in [0.1, 0.15) is 5.52 Å². The Morgan fingerprint density at radius 3 is 2.63 bits per heavy atom. The minimum Gasteiger partial charge on any atom is -0.492 e. The fourth-order valence-corrected chi connectivity index (χ4v) is 3.41. The third-order valence-electron chi connectivity index (χ3n) is 5.11. The number of nitrogens with zero attached hydrogens (tertiary/aromatic N) is 2. The lowest BCUT2D eigenvalue weighted by atomic mass is 10.0. The molecule has 1 aromatic heterocycles. The number of aliphatic hydroxyl groups is 3. The summed E-state index contributed by atoms with van der Waals surface area (Å²) in [6.45, 7) is 6.74. The highest BCUT2D eigenvalue weighted by Crippen LogP contribution is 2.39. The second-order valence-corrected chi connectivity index (χ2v) is 7.31. The molecule has 1 aliphatic carbocycles. The first-order chi connectivity index (χ1) is 14.3. The number of hydrogen-bond donors (Lipinski definition) is 4. The topological polar surface area (TPSA) is 109 Å². The minimum atomic E-state index is -3.00. The molecule has 1 aliphatic rings. The molecular formula is C22H29N3O5. The first-order valence-corrected chi connectivity index (χ1v) is 9.83. The molecule has 0 atom stereocenters. The molecule has 2 aromatic rings. The zero-order chi connectivity index (χ0) is 21.9. The van der Waals surface area contributed by atoms with Gasteiger partial charge >= 0.3 is 5.97 Å². The predicted octanol–water partition coefficient (Wildman–Crippen LogP) is 2.53. The number of benzene rings is 1. The largest absolute Gasteiger partial charge is 0.492 e. The van der Waals surface area contributed by atoms with Gasteiger partial charge in [-0.2, -0.15) is 5.10 Å². The molecule has 1 heterocycles. The number of allylic oxidation sites excluding steroid dienone is 3. The maximum Gasteiger partial charge on any atom is 0.306 e. The molecular weight excluding hydrogens is 386 g/mol. The molecule has 0 bridgehead atoms. The molecule has 1 saturated carbocycles. The summed E-state index contributed by atoms with van der Waals surface area (Å²) >= 11 is 0. The van der Waals surface area contributed by atoms with Crippen LogP contribution >= 0.6 is 0 Å². The van der Waals surface area contributed by atoms with Crippen molar-refractivity contribution in [1.82, 2.24) is 9.78 Å². The quantitative estimate of drug-likeness (QED) is 0.349. The number of methoxy groups -OCH3 is 2. The van der Waals surface area contributed by atoms with Crippen molar-refractivity contribution in [3.8, 4) is 5.75 Å². The number of rotatable bonds is 10. The van der Waals surface area contributed by atoms with Crippen LogP contribution < -0.4 is 10.1 Å². The fourth-order valence-electron chi connectivity index (χ4n) is 3.41. The maximum absolute atomic E-state index is 9.87. The van der Waals surface area contributed by atoms with Gasteiger partial charge in [-0.3, -0.25) is 4.68 Å². The monoisotopic (exact) mass is 415 g/mol. The number of anilines is 1. The van der Waals surface area contributed by atoms with Gasteiger partial charge < -0.3 is 30.1 Å². The van der Waals surface area contributed by atoms with Gasteiger partial charge in [-0.15, -0.1) is 0 Å². The van der Waals surface area contributed by atoms with Crippen LogP contribution in [0.25, 0.3) is 10.9 Å². The number of aromatic nitrogens is 2. The third-order valence-corrected chi connectivity index (χ3v) is 5.11. The van der Waals surface area contributed by atoms with Crippen LogP contribution in [0.3, 0.4) is 0 Å². The number of nitrogens with one attached hydrogen (secondary N) is 1. The van der Waals surface area contributed by atoms with Gasteiger partial charge in [0.25, 0.3) is 0 Å². The highest BCUT2D eigenvalue weighted by molar-refractivity contribution is 5.91. The van der Waals surface area contributed by atoms with Crippen molar-refractivity contribution in [2.75, 3.05) is 26.1 Å². The van der Waals surface area contributed by atoms with Crippen LogP contribution in [-0.4, -0.2) is 51.9 Å². The summed E-state index contributed by atoms with van der Waals surface area (Å²) in [5, 5.41) is 38.1. The lowest BCUT2D eigenvalue weighted by molar-refractivity contribution is -0.280. The van der Waals surface area contributed by atoms with Crippen LogP contribution in [0.15, 0.2) is 53.9 Å². The molecule has 0 saturated heterocycles. The average molecular weight is 415 g/mol. The smallest absolute Gasteiger partial charge is 0.306 e. The third kappa shape index (κ3) is 4.73. The van der Waals surface area contributed by atoms with E-state index in [1.165, 1.54) is 6.08 Å². The van der Waals surface area contributed by atoms with Crippen molar-refractivity contribution in [2.24, 2.45) is 5.92 Å². The zero-order valence-corrected chi connectivity index (χ0v) is 17.6. The van der Waals surface area contributed by atoms with Crippen molar-refractivity contribution in [1.29, 1.82) is 0 Å². The van der Waals surface area contributed by atoms with Crippen LogP contribution in [0.4, 0.5) is 5.69 Å². The highest BCUT2D eigenvalue weighted by Gasteiger charge is 2.30. The van der Waals surface area contributed by atoms with Gasteiger partial charge in [0.15, 0.2) is 5.75 Å². The SMILES string of the molecule is C=C(/C=C(Nc1ccc2cnn(CCOC)c2c1OC)\C(=C/C)C(O)(O)O)C1CC1. The molecule has 0 spiro atoms. The normalized spacial score (nSPS) is 15.5. The van der Waals surface area contributed by atoms with Crippen LogP contribution in [-0.2, 0) is 11.3 Å². The van der Waals surface area contributed by atoms with E-state index in [0.29, 0.717) is 36.2 Å². The maximum atomic E-state index is 9.87. The van der Waals surface area contributed by atoms with Crippen molar-refractivity contribution < 1.29 is 24.8 Å². The van der Waals surface area contributed by atoms with E-state index < -0.39 is 5.97 Å². The van der Waals surface area contributed by atoms with E-state index in [-0.39, 0.29) is 5.57 Å². The Morgan fingerprint density at radius 1 is 1.33 bits per heavy atom. The Labute approximate surface area is 175 Å². The Bertz CT molecular complexity index is 981. The summed E-state index contributed by atoms with van der Waals surface area (Å²) in [7, 11) is 3.19. The number of fused-ring (bicyclic) bond motifs is 1. The van der Waals surface area contributed by atoms with Crippen LogP contribution in [0, 0.1) is 5.92 Å². The minimum absolute atomic E-state index is 0.0839. The Hall–Kier alpha value is -2.65. The van der Waals surface area contributed by atoms with E-state index in [4.69, 9.17) is 9.47 Å². The molecule has 8 heteroatoms. The lowest BCUT2D eigenvalue weighted by Crippen LogP contribution is -2.32. The van der Waals surface area contributed by atoms with Gasteiger partial charge in [0.2, 0.25) is 0 Å². The summed E-state index contributed by atoms with van der Waals surface area (Å²) in [6.07, 6.45) is 7.01. The predicted molar refractivity (Wildman–Crippen MR) is 115 cm³/mol. The molecule has 162 valence electrons. The van der Waals surface area contributed by atoms with Gasteiger partial charge in [-0.05, 0) is 43.9 Å². The van der Waals surface area contributed by atoms with Crippen LogP contribution in [0.5, 0.6) is 5.75 Å². The van der Waals surface area contributed by atoms with Crippen LogP contribution in [0.1, 0.15) is 19.8 Å². The van der Waals surface area contributed by atoms with E-state index in [9.17, 15) is 15.3 Å². The van der Waals surface area contributed by atoms with E-state index in [2.05, 4.69) is 17.0 Å². The summed E-state index contributed by atoms with van der Waals surface area (Å²) in [4.78, 5) is 0. The van der Waals surface area contributed by atoms with E-state index in [0.717, 1.165) is 29.3 Å². The van der Waals surface area contributed by atoms with Crippen molar-refractivity contribution in [3.05, 3.63) is 53.9 Å². The van der Waals surface area contributed by atoms with Gasteiger partial charge in [0, 0.05) is 18.2 Å². The van der Waals surface area contributed by atoms with Crippen LogP contribution in [0.2, 0.25) is 0 Å². The standard InChI is InChI=1S/C22H29N3O5/c1-5-17(22(26,27)28)19(12-14(2)15-6-7-15)24-18-9-8-16-13-23-25(10-11-29-3)20(16)21(18)30-4/h5,8-9,12-13,15,24,26-28H,2,6-7,10-11H2,1,3-4H3/b17-5+,19-12+. The average Bonchev–Trinajstić information content (AvgIpc) is 3.46. The first-order valence-electron chi connectivity index (χ1n) is 9.83. The zero-order valence-electron chi connectivity index (χ0n) is 17.6. The molecule has 0 unspecified atom stereocenters. The Morgan fingerprint density at radius 2 is 2.07 bits per heavy atom. The molecule has 0 radical (unpaired) electrons. The molecule has 8 nitrogen and oxygen atoms in total. The Balaban J connectivity index is 2.06. The van der Waals surface area contributed by atoms with Gasteiger partial charge in [0.05, 0.1) is 37.7 Å². The summed E-state index contributed by atoms with van der Waals surface area (Å²) in [5.74, 6) is -2.10. The van der Waals surface area contributed by atoms with Crippen molar-refractivity contribution in [3.63, 3.8) is 0 Å². The van der Waals surface area contributed by atoms with Gasteiger partial charge in [-0.1, -0.05) is 18.2 Å². The molecule has 4 N–H and O–H groups in total. The number of hydrogen-bond acceptors (Lipinski definition) is 7. The summed E-state index contributed by atoms with van der Waals surface area (Å²) in [6, 6.07) is 3.71. The molecule has 0 aliphatic heterocycles. The second kappa shape index (κ2) is 9.01. The lowest BCUT2D eigenvalue weighted by Gasteiger charge is -2.23. The summed E-state index contributed by atoms with van der Waals surface area (Å²) < 4.78 is 12.6. The van der Waals surface area contributed by atoms with Crippen molar-refractivity contribution >= 4 is 16.6 Å². The fraction of sp³-hybridized carbons (Fsp3) is 0.409. The molecule has 1 fully saturated rings. The van der Waals surface area contributed by atoms with Gasteiger partial charge in [-0.25, -0.2) is 0 Å². The molecule has 0 amide bonds. The number of ether oxygens (including phenoxy) is 2. The summed E-state index contributed by atoms with van der Waals surface area (Å²) in [5.41, 5.74) is 2.46. The van der Waals surface area contributed by atoms with E-state index in [1.54, 1.807) is 38.1 Å². The molecule has 3 rings (SSSR count). The molecule has 30 heavy (non-hydrogen) atoms. The molecule has 1 aromatic carbocycles. The second-order valence-electron chi connectivity index (χ2n) is 7.31.